The van der Waals surface area contributed by atoms with E-state index in [1.807, 2.05) is 18.2 Å². The van der Waals surface area contributed by atoms with Crippen LogP contribution in [0.1, 0.15) is 19.5 Å². The van der Waals surface area contributed by atoms with Crippen LogP contribution < -0.4 is 0 Å². The minimum absolute atomic E-state index is 0.225. The average molecular weight is 189 g/mol. The molecular weight excluding hydrogens is 170 g/mol. The monoisotopic (exact) mass is 189 g/mol. The maximum atomic E-state index is 7.47. The van der Waals surface area contributed by atoms with Gasteiger partial charge in [0.25, 0.3) is 0 Å². The fourth-order valence-electron chi connectivity index (χ4n) is 1.23. The first-order valence-electron chi connectivity index (χ1n) is 7.27. The van der Waals surface area contributed by atoms with Crippen LogP contribution in [0.2, 0.25) is 0 Å². The summed E-state index contributed by atoms with van der Waals surface area (Å²) in [6.07, 6.45) is 0. The molecule has 0 aliphatic heterocycles. The van der Waals surface area contributed by atoms with Gasteiger partial charge in [0.2, 0.25) is 0 Å². The molecule has 1 nitrogen and oxygen atoms in total. The summed E-state index contributed by atoms with van der Waals surface area (Å²) in [6, 6.07) is 11.9. The number of hydrogen-bond acceptors (Lipinski definition) is 1. The van der Waals surface area contributed by atoms with E-state index in [0.717, 1.165) is 5.56 Å². The summed E-state index contributed by atoms with van der Waals surface area (Å²) in [5, 5.41) is 0. The van der Waals surface area contributed by atoms with Crippen LogP contribution in [0.4, 0.5) is 0 Å². The van der Waals surface area contributed by atoms with Crippen LogP contribution in [-0.2, 0) is 0 Å². The summed E-state index contributed by atoms with van der Waals surface area (Å²) in [4.78, 5) is 4.06. The highest BCUT2D eigenvalue weighted by Crippen LogP contribution is 2.17. The molecule has 1 aromatic heterocycles. The highest BCUT2D eigenvalue weighted by molar-refractivity contribution is 5.59. The zero-order chi connectivity index (χ0) is 15.0. The third-order valence-electron chi connectivity index (χ3n) is 1.96. The van der Waals surface area contributed by atoms with Gasteiger partial charge in [-0.2, -0.15) is 0 Å². The van der Waals surface area contributed by atoms with Crippen LogP contribution in [0.5, 0.6) is 0 Å². The fourth-order valence-corrected chi connectivity index (χ4v) is 1.23. The van der Waals surface area contributed by atoms with Crippen LogP contribution in [-0.4, -0.2) is 4.98 Å². The Morgan fingerprint density at radius 1 is 1.00 bits per heavy atom. The maximum absolute atomic E-state index is 7.47. The minimum atomic E-state index is -2.56. The molecule has 14 heavy (non-hydrogen) atoms. The number of benzene rings is 1. The van der Waals surface area contributed by atoms with E-state index in [4.69, 9.17) is 8.22 Å². The van der Waals surface area contributed by atoms with Crippen molar-refractivity contribution in [3.8, 4) is 11.3 Å². The van der Waals surface area contributed by atoms with Crippen LogP contribution in [0.25, 0.3) is 11.3 Å². The largest absolute Gasteiger partial charge is 0.253 e. The number of nitrogens with zero attached hydrogens (tertiary/aromatic N) is 1. The van der Waals surface area contributed by atoms with Crippen molar-refractivity contribution < 1.29 is 8.22 Å². The lowest BCUT2D eigenvalue weighted by atomic mass is 10.1. The van der Waals surface area contributed by atoms with Gasteiger partial charge in [-0.15, -0.1) is 0 Å². The third kappa shape index (κ3) is 1.67. The molecule has 70 valence electrons. The Hall–Kier alpha value is -1.63. The molecular formula is C13H13N. The summed E-state index contributed by atoms with van der Waals surface area (Å²) in [5.74, 6) is 0. The van der Waals surface area contributed by atoms with Crippen molar-refractivity contribution >= 4 is 0 Å². The van der Waals surface area contributed by atoms with E-state index in [0.29, 0.717) is 5.69 Å². The molecule has 1 aromatic carbocycles. The Bertz CT molecular complexity index is 600. The first kappa shape index (κ1) is 4.26. The standard InChI is InChI=1S/C13H13N/c1-10-8-9-13(14-11(10)2)12-6-4-3-5-7-12/h3-9H,1-2H3/i1D3,2D3. The minimum Gasteiger partial charge on any atom is -0.253 e. The Kier molecular flexibility index (Phi) is 1.10. The SMILES string of the molecule is [2H]C([2H])([2H])c1ccc(-c2ccccc2)nc1C([2H])([2H])[2H]. The lowest BCUT2D eigenvalue weighted by Gasteiger charge is -2.03. The zero-order valence-electron chi connectivity index (χ0n) is 13.5. The summed E-state index contributed by atoms with van der Waals surface area (Å²) >= 11 is 0. The summed E-state index contributed by atoms with van der Waals surface area (Å²) in [5.41, 5.74) is 0.607. The van der Waals surface area contributed by atoms with E-state index < -0.39 is 13.7 Å². The molecule has 0 atom stereocenters. The van der Waals surface area contributed by atoms with Crippen molar-refractivity contribution in [3.63, 3.8) is 0 Å². The first-order chi connectivity index (χ1) is 9.19. The number of rotatable bonds is 1. The molecule has 0 N–H and O–H groups in total. The molecule has 2 rings (SSSR count). The summed E-state index contributed by atoms with van der Waals surface area (Å²) in [6.45, 7) is -5.06. The van der Waals surface area contributed by atoms with Crippen LogP contribution >= 0.6 is 0 Å². The van der Waals surface area contributed by atoms with E-state index in [-0.39, 0.29) is 11.3 Å². The van der Waals surface area contributed by atoms with Crippen molar-refractivity contribution in [2.75, 3.05) is 0 Å². The van der Waals surface area contributed by atoms with Crippen molar-refractivity contribution in [2.45, 2.75) is 13.7 Å². The van der Waals surface area contributed by atoms with Gasteiger partial charge >= 0.3 is 0 Å². The number of aromatic nitrogens is 1. The molecule has 0 radical (unpaired) electrons. The van der Waals surface area contributed by atoms with Gasteiger partial charge in [-0.05, 0) is 25.3 Å². The van der Waals surface area contributed by atoms with E-state index >= 15 is 0 Å². The van der Waals surface area contributed by atoms with Crippen molar-refractivity contribution in [2.24, 2.45) is 0 Å². The first-order valence-corrected chi connectivity index (χ1v) is 4.27. The Balaban J connectivity index is 2.62. The second-order valence-electron chi connectivity index (χ2n) is 2.96. The molecule has 0 amide bonds. The molecule has 0 unspecified atom stereocenters. The Labute approximate surface area is 92.9 Å². The van der Waals surface area contributed by atoms with Gasteiger partial charge < -0.3 is 0 Å². The molecule has 0 aliphatic rings. The molecule has 0 saturated carbocycles. The molecule has 0 aliphatic carbocycles. The number of aryl methyl sites for hydroxylation is 2. The number of pyridine rings is 1. The molecule has 1 heterocycles. The van der Waals surface area contributed by atoms with Crippen molar-refractivity contribution in [1.82, 2.24) is 4.98 Å². The van der Waals surface area contributed by atoms with Gasteiger partial charge in [0.05, 0.1) is 5.69 Å². The van der Waals surface area contributed by atoms with Crippen LogP contribution in [0.3, 0.4) is 0 Å². The van der Waals surface area contributed by atoms with Gasteiger partial charge in [-0.25, -0.2) is 0 Å². The topological polar surface area (TPSA) is 12.9 Å². The maximum Gasteiger partial charge on any atom is 0.0705 e. The molecule has 2 aromatic rings. The molecule has 0 fully saturated rings. The van der Waals surface area contributed by atoms with Crippen molar-refractivity contribution in [1.29, 1.82) is 0 Å². The smallest absolute Gasteiger partial charge is 0.0705 e. The summed E-state index contributed by atoms with van der Waals surface area (Å²) < 4.78 is 44.7. The second-order valence-corrected chi connectivity index (χ2v) is 2.96. The summed E-state index contributed by atoms with van der Waals surface area (Å²) in [7, 11) is 0. The van der Waals surface area contributed by atoms with E-state index in [9.17, 15) is 0 Å². The number of hydrogen-bond donors (Lipinski definition) is 0. The van der Waals surface area contributed by atoms with Gasteiger partial charge in [0.15, 0.2) is 0 Å². The molecule has 0 saturated heterocycles. The molecule has 0 spiro atoms. The second kappa shape index (κ2) is 3.62. The molecule has 1 heteroatoms. The third-order valence-corrected chi connectivity index (χ3v) is 1.96. The van der Waals surface area contributed by atoms with Gasteiger partial charge in [-0.1, -0.05) is 36.4 Å². The van der Waals surface area contributed by atoms with Gasteiger partial charge in [0.1, 0.15) is 0 Å². The van der Waals surface area contributed by atoms with Crippen LogP contribution in [0, 0.1) is 13.7 Å². The quantitative estimate of drug-likeness (QED) is 0.670. The zero-order valence-corrected chi connectivity index (χ0v) is 7.49. The highest BCUT2D eigenvalue weighted by atomic mass is 14.7. The van der Waals surface area contributed by atoms with E-state index in [1.165, 1.54) is 12.1 Å². The Morgan fingerprint density at radius 3 is 2.57 bits per heavy atom. The predicted molar refractivity (Wildman–Crippen MR) is 59.1 cm³/mol. The fraction of sp³-hybridized carbons (Fsp3) is 0.154. The van der Waals surface area contributed by atoms with E-state index in [1.54, 1.807) is 12.1 Å². The highest BCUT2D eigenvalue weighted by Gasteiger charge is 1.99. The lowest BCUT2D eigenvalue weighted by Crippen LogP contribution is -1.89. The van der Waals surface area contributed by atoms with Crippen molar-refractivity contribution in [3.05, 3.63) is 53.7 Å². The van der Waals surface area contributed by atoms with E-state index in [2.05, 4.69) is 4.98 Å². The molecule has 0 bridgehead atoms. The van der Waals surface area contributed by atoms with Crippen LogP contribution in [0.15, 0.2) is 42.5 Å². The predicted octanol–water partition coefficient (Wildman–Crippen LogP) is 3.37. The van der Waals surface area contributed by atoms with Gasteiger partial charge in [0, 0.05) is 19.5 Å². The van der Waals surface area contributed by atoms with Gasteiger partial charge in [-0.3, -0.25) is 4.98 Å². The lowest BCUT2D eigenvalue weighted by molar-refractivity contribution is 1.15. The normalized spacial score (nSPS) is 18.3. The Morgan fingerprint density at radius 2 is 1.86 bits per heavy atom. The average Bonchev–Trinajstić information content (AvgIpc) is 2.37.